The molecule has 1 aromatic heterocycles. The Balaban J connectivity index is 2.39. The van der Waals surface area contributed by atoms with Crippen molar-refractivity contribution in [2.75, 3.05) is 40.2 Å². The van der Waals surface area contributed by atoms with Gasteiger partial charge in [-0.05, 0) is 31.2 Å². The second-order valence-corrected chi connectivity index (χ2v) is 5.46. The Morgan fingerprint density at radius 3 is 2.42 bits per heavy atom. The van der Waals surface area contributed by atoms with Gasteiger partial charge in [0.1, 0.15) is 12.4 Å². The summed E-state index contributed by atoms with van der Waals surface area (Å²) in [6.45, 7) is 2.74. The Morgan fingerprint density at radius 2 is 1.83 bits per heavy atom. The van der Waals surface area contributed by atoms with Crippen LogP contribution in [0.1, 0.15) is 16.1 Å². The zero-order valence-corrected chi connectivity index (χ0v) is 14.4. The fraction of sp³-hybridized carbons (Fsp3) is 0.353. The summed E-state index contributed by atoms with van der Waals surface area (Å²) in [7, 11) is 5.00. The van der Waals surface area contributed by atoms with Crippen LogP contribution in [0.15, 0.2) is 24.3 Å². The molecule has 2 aromatic rings. The SMILES string of the molecule is COCCOc1ccc(-c2nc(N)nc(C)c2C(=O)N(C)C)cc1. The fourth-order valence-electron chi connectivity index (χ4n) is 2.23. The highest BCUT2D eigenvalue weighted by molar-refractivity contribution is 6.00. The lowest BCUT2D eigenvalue weighted by Gasteiger charge is -2.16. The molecule has 0 unspecified atom stereocenters. The predicted molar refractivity (Wildman–Crippen MR) is 92.0 cm³/mol. The van der Waals surface area contributed by atoms with Crippen molar-refractivity contribution in [1.29, 1.82) is 0 Å². The molecule has 0 spiro atoms. The lowest BCUT2D eigenvalue weighted by molar-refractivity contribution is 0.0827. The minimum Gasteiger partial charge on any atom is -0.491 e. The highest BCUT2D eigenvalue weighted by atomic mass is 16.5. The third-order valence-corrected chi connectivity index (χ3v) is 3.41. The Morgan fingerprint density at radius 1 is 1.17 bits per heavy atom. The number of nitrogens with two attached hydrogens (primary N) is 1. The number of aryl methyl sites for hydroxylation is 1. The molecule has 2 rings (SSSR count). The van der Waals surface area contributed by atoms with Crippen LogP contribution >= 0.6 is 0 Å². The Bertz CT molecular complexity index is 715. The molecular weight excluding hydrogens is 308 g/mol. The van der Waals surface area contributed by atoms with Gasteiger partial charge in [0.25, 0.3) is 5.91 Å². The molecule has 0 radical (unpaired) electrons. The van der Waals surface area contributed by atoms with Gasteiger partial charge < -0.3 is 20.1 Å². The number of ether oxygens (including phenoxy) is 2. The van der Waals surface area contributed by atoms with E-state index in [0.29, 0.717) is 30.2 Å². The number of nitrogen functional groups attached to an aromatic ring is 1. The van der Waals surface area contributed by atoms with E-state index in [1.165, 1.54) is 4.90 Å². The van der Waals surface area contributed by atoms with Gasteiger partial charge >= 0.3 is 0 Å². The number of aromatic nitrogens is 2. The standard InChI is InChI=1S/C17H22N4O3/c1-11-14(16(22)21(2)3)15(20-17(18)19-11)12-5-7-13(8-6-12)24-10-9-23-4/h5-8H,9-10H2,1-4H3,(H2,18,19,20). The smallest absolute Gasteiger partial charge is 0.257 e. The van der Waals surface area contributed by atoms with Gasteiger partial charge in [0, 0.05) is 26.8 Å². The molecule has 2 N–H and O–H groups in total. The van der Waals surface area contributed by atoms with Crippen molar-refractivity contribution in [2.24, 2.45) is 0 Å². The second kappa shape index (κ2) is 7.74. The van der Waals surface area contributed by atoms with Crippen LogP contribution in [0.4, 0.5) is 5.95 Å². The van der Waals surface area contributed by atoms with E-state index in [9.17, 15) is 4.79 Å². The number of hydrogen-bond donors (Lipinski definition) is 1. The van der Waals surface area contributed by atoms with Crippen molar-refractivity contribution in [3.05, 3.63) is 35.5 Å². The average molecular weight is 330 g/mol. The fourth-order valence-corrected chi connectivity index (χ4v) is 2.23. The van der Waals surface area contributed by atoms with Crippen LogP contribution in [-0.4, -0.2) is 55.2 Å². The second-order valence-electron chi connectivity index (χ2n) is 5.46. The first kappa shape index (κ1) is 17.7. The lowest BCUT2D eigenvalue weighted by Crippen LogP contribution is -2.24. The summed E-state index contributed by atoms with van der Waals surface area (Å²) in [6, 6.07) is 7.33. The van der Waals surface area contributed by atoms with E-state index in [-0.39, 0.29) is 11.9 Å². The number of methoxy groups -OCH3 is 1. The van der Waals surface area contributed by atoms with Gasteiger partial charge in [-0.15, -0.1) is 0 Å². The maximum absolute atomic E-state index is 12.5. The number of benzene rings is 1. The highest BCUT2D eigenvalue weighted by Gasteiger charge is 2.20. The summed E-state index contributed by atoms with van der Waals surface area (Å²) in [4.78, 5) is 22.4. The minimum absolute atomic E-state index is 0.137. The van der Waals surface area contributed by atoms with Crippen molar-refractivity contribution in [3.8, 4) is 17.0 Å². The maximum Gasteiger partial charge on any atom is 0.257 e. The van der Waals surface area contributed by atoms with Crippen molar-refractivity contribution in [1.82, 2.24) is 14.9 Å². The van der Waals surface area contributed by atoms with E-state index < -0.39 is 0 Å². The minimum atomic E-state index is -0.164. The lowest BCUT2D eigenvalue weighted by atomic mass is 10.0. The monoisotopic (exact) mass is 330 g/mol. The first-order chi connectivity index (χ1) is 11.4. The molecule has 1 heterocycles. The average Bonchev–Trinajstić information content (AvgIpc) is 2.54. The molecule has 0 atom stereocenters. The largest absolute Gasteiger partial charge is 0.491 e. The summed E-state index contributed by atoms with van der Waals surface area (Å²) < 4.78 is 10.5. The Hall–Kier alpha value is -2.67. The first-order valence-electron chi connectivity index (χ1n) is 7.52. The summed E-state index contributed by atoms with van der Waals surface area (Å²) >= 11 is 0. The Kier molecular flexibility index (Phi) is 5.70. The summed E-state index contributed by atoms with van der Waals surface area (Å²) in [6.07, 6.45) is 0. The molecule has 1 aromatic carbocycles. The van der Waals surface area contributed by atoms with Crippen LogP contribution in [0.3, 0.4) is 0 Å². The van der Waals surface area contributed by atoms with Crippen molar-refractivity contribution in [2.45, 2.75) is 6.92 Å². The molecule has 0 bridgehead atoms. The first-order valence-corrected chi connectivity index (χ1v) is 7.52. The van der Waals surface area contributed by atoms with E-state index in [0.717, 1.165) is 11.3 Å². The zero-order chi connectivity index (χ0) is 17.7. The molecule has 0 aliphatic carbocycles. The number of rotatable bonds is 6. The zero-order valence-electron chi connectivity index (χ0n) is 14.4. The molecule has 0 aliphatic rings. The topological polar surface area (TPSA) is 90.6 Å². The predicted octanol–water partition coefficient (Wildman–Crippen LogP) is 1.76. The third kappa shape index (κ3) is 3.99. The Labute approximate surface area is 141 Å². The number of amides is 1. The quantitative estimate of drug-likeness (QED) is 0.812. The van der Waals surface area contributed by atoms with Gasteiger partial charge in [-0.1, -0.05) is 0 Å². The molecule has 0 aliphatic heterocycles. The molecular formula is C17H22N4O3. The van der Waals surface area contributed by atoms with E-state index in [4.69, 9.17) is 15.2 Å². The van der Waals surface area contributed by atoms with Gasteiger partial charge in [-0.25, -0.2) is 9.97 Å². The molecule has 7 heteroatoms. The molecule has 1 amide bonds. The highest BCUT2D eigenvalue weighted by Crippen LogP contribution is 2.27. The van der Waals surface area contributed by atoms with Crippen LogP contribution in [0, 0.1) is 6.92 Å². The van der Waals surface area contributed by atoms with Gasteiger partial charge in [0.2, 0.25) is 5.95 Å². The van der Waals surface area contributed by atoms with E-state index in [1.54, 1.807) is 28.1 Å². The molecule has 7 nitrogen and oxygen atoms in total. The van der Waals surface area contributed by atoms with E-state index in [1.807, 2.05) is 24.3 Å². The van der Waals surface area contributed by atoms with Crippen molar-refractivity contribution in [3.63, 3.8) is 0 Å². The number of carbonyl (C=O) groups excluding carboxylic acids is 1. The van der Waals surface area contributed by atoms with E-state index >= 15 is 0 Å². The molecule has 0 saturated carbocycles. The van der Waals surface area contributed by atoms with E-state index in [2.05, 4.69) is 9.97 Å². The van der Waals surface area contributed by atoms with Crippen molar-refractivity contribution >= 4 is 11.9 Å². The number of hydrogen-bond acceptors (Lipinski definition) is 6. The number of carbonyl (C=O) groups is 1. The van der Waals surface area contributed by atoms with Gasteiger partial charge in [0.05, 0.1) is 23.6 Å². The van der Waals surface area contributed by atoms with Crippen LogP contribution in [0.2, 0.25) is 0 Å². The molecule has 24 heavy (non-hydrogen) atoms. The van der Waals surface area contributed by atoms with Gasteiger partial charge in [-0.3, -0.25) is 4.79 Å². The van der Waals surface area contributed by atoms with Crippen LogP contribution in [0.25, 0.3) is 11.3 Å². The third-order valence-electron chi connectivity index (χ3n) is 3.41. The molecule has 0 fully saturated rings. The maximum atomic E-state index is 12.5. The van der Waals surface area contributed by atoms with Crippen molar-refractivity contribution < 1.29 is 14.3 Å². The van der Waals surface area contributed by atoms with Crippen LogP contribution in [-0.2, 0) is 4.74 Å². The summed E-state index contributed by atoms with van der Waals surface area (Å²) in [5, 5.41) is 0. The number of anilines is 1. The normalized spacial score (nSPS) is 10.5. The van der Waals surface area contributed by atoms with Crippen LogP contribution < -0.4 is 10.5 Å². The summed E-state index contributed by atoms with van der Waals surface area (Å²) in [5.41, 5.74) is 8.06. The number of nitrogens with zero attached hydrogens (tertiary/aromatic N) is 3. The summed E-state index contributed by atoms with van der Waals surface area (Å²) in [5.74, 6) is 0.691. The molecule has 0 saturated heterocycles. The van der Waals surface area contributed by atoms with Gasteiger partial charge in [-0.2, -0.15) is 0 Å². The van der Waals surface area contributed by atoms with Crippen LogP contribution in [0.5, 0.6) is 5.75 Å². The molecule has 128 valence electrons. The van der Waals surface area contributed by atoms with Gasteiger partial charge in [0.15, 0.2) is 0 Å².